The van der Waals surface area contributed by atoms with E-state index in [1.165, 1.54) is 36.0 Å². The summed E-state index contributed by atoms with van der Waals surface area (Å²) in [6, 6.07) is 5.75. The highest BCUT2D eigenvalue weighted by atomic mass is 35.5. The molecule has 0 aliphatic carbocycles. The van der Waals surface area contributed by atoms with E-state index in [0.717, 1.165) is 6.20 Å². The van der Waals surface area contributed by atoms with Gasteiger partial charge in [0.2, 0.25) is 0 Å². The predicted octanol–water partition coefficient (Wildman–Crippen LogP) is -0.446. The molecule has 2 rings (SSSR count). The Morgan fingerprint density at radius 1 is 1.40 bits per heavy atom. The molecule has 0 unspecified atom stereocenters. The number of aromatic nitrogens is 2. The van der Waals surface area contributed by atoms with Crippen LogP contribution in [0.5, 0.6) is 0 Å². The molecule has 0 saturated heterocycles. The molecule has 0 spiro atoms. The van der Waals surface area contributed by atoms with E-state index >= 15 is 0 Å². The van der Waals surface area contributed by atoms with Crippen molar-refractivity contribution in [2.45, 2.75) is 4.90 Å². The van der Waals surface area contributed by atoms with E-state index in [4.69, 9.17) is 21.6 Å². The second-order valence-electron chi connectivity index (χ2n) is 4.03. The number of hydrogen-bond acceptors (Lipinski definition) is 5. The molecule has 10 heteroatoms. The lowest BCUT2D eigenvalue weighted by Crippen LogP contribution is -2.30. The van der Waals surface area contributed by atoms with Crippen LogP contribution >= 0.6 is 11.6 Å². The molecule has 3 N–H and O–H groups in total. The van der Waals surface area contributed by atoms with Gasteiger partial charge >= 0.3 is 7.12 Å². The van der Waals surface area contributed by atoms with Crippen LogP contribution in [0, 0.1) is 0 Å². The Labute approximate surface area is 121 Å². The topological polar surface area (TPSA) is 104 Å². The first kappa shape index (κ1) is 14.9. The molecule has 0 atom stereocenters. The molecule has 0 aliphatic heterocycles. The van der Waals surface area contributed by atoms with Crippen molar-refractivity contribution in [3.8, 4) is 0 Å². The third kappa shape index (κ3) is 2.96. The molecular formula is C10H11BClN3O4S. The fraction of sp³-hybridized carbons (Fsp3) is 0.100. The Balaban J connectivity index is 2.34. The lowest BCUT2D eigenvalue weighted by molar-refractivity contribution is 0.426. The molecule has 0 saturated carbocycles. The minimum absolute atomic E-state index is 0.0177. The van der Waals surface area contributed by atoms with Gasteiger partial charge in [-0.05, 0) is 17.6 Å². The maximum absolute atomic E-state index is 12.1. The number of aryl methyl sites for hydroxylation is 1. The van der Waals surface area contributed by atoms with Crippen molar-refractivity contribution in [2.24, 2.45) is 7.05 Å². The average Bonchev–Trinajstić information content (AvgIpc) is 2.70. The predicted molar refractivity (Wildman–Crippen MR) is 75.3 cm³/mol. The summed E-state index contributed by atoms with van der Waals surface area (Å²) in [7, 11) is -4.06. The summed E-state index contributed by atoms with van der Waals surface area (Å²) in [4.78, 5) is -0.156. The lowest BCUT2D eigenvalue weighted by atomic mass is 9.80. The minimum Gasteiger partial charge on any atom is -0.423 e. The molecule has 0 fully saturated rings. The van der Waals surface area contributed by atoms with E-state index in [1.807, 2.05) is 0 Å². The van der Waals surface area contributed by atoms with Gasteiger partial charge in [0.1, 0.15) is 10.0 Å². The van der Waals surface area contributed by atoms with Crippen molar-refractivity contribution in [1.82, 2.24) is 9.78 Å². The largest absolute Gasteiger partial charge is 0.488 e. The Kier molecular flexibility index (Phi) is 4.05. The zero-order chi connectivity index (χ0) is 14.9. The van der Waals surface area contributed by atoms with E-state index in [0.29, 0.717) is 0 Å². The van der Waals surface area contributed by atoms with E-state index in [-0.39, 0.29) is 21.2 Å². The highest BCUT2D eigenvalue weighted by Gasteiger charge is 2.22. The molecule has 0 amide bonds. The molecule has 1 aromatic heterocycles. The van der Waals surface area contributed by atoms with Crippen LogP contribution in [0.3, 0.4) is 0 Å². The minimum atomic E-state index is -3.89. The summed E-state index contributed by atoms with van der Waals surface area (Å²) in [6.07, 6.45) is 1.13. The molecule has 2 aromatic rings. The maximum Gasteiger partial charge on any atom is 0.488 e. The fourth-order valence-corrected chi connectivity index (χ4v) is 3.04. The molecule has 106 valence electrons. The molecule has 20 heavy (non-hydrogen) atoms. The van der Waals surface area contributed by atoms with Crippen molar-refractivity contribution < 1.29 is 18.5 Å². The summed E-state index contributed by atoms with van der Waals surface area (Å²) >= 11 is 5.84. The Hall–Kier alpha value is -1.55. The van der Waals surface area contributed by atoms with Gasteiger partial charge in [-0.2, -0.15) is 5.10 Å². The average molecular weight is 316 g/mol. The van der Waals surface area contributed by atoms with E-state index < -0.39 is 17.1 Å². The van der Waals surface area contributed by atoms with Crippen molar-refractivity contribution in [1.29, 1.82) is 0 Å². The second kappa shape index (κ2) is 5.45. The van der Waals surface area contributed by atoms with Gasteiger partial charge in [-0.3, -0.25) is 9.40 Å². The Bertz CT molecular complexity index is 732. The summed E-state index contributed by atoms with van der Waals surface area (Å²) in [6.45, 7) is 0. The molecule has 0 radical (unpaired) electrons. The van der Waals surface area contributed by atoms with Gasteiger partial charge in [-0.25, -0.2) is 8.42 Å². The van der Waals surface area contributed by atoms with Crippen molar-refractivity contribution >= 4 is 39.9 Å². The third-order valence-corrected chi connectivity index (χ3v) is 4.50. The zero-order valence-electron chi connectivity index (χ0n) is 10.4. The first-order valence-corrected chi connectivity index (χ1v) is 7.34. The Morgan fingerprint density at radius 3 is 2.65 bits per heavy atom. The highest BCUT2D eigenvalue weighted by molar-refractivity contribution is 7.92. The first-order valence-electron chi connectivity index (χ1n) is 5.47. The van der Waals surface area contributed by atoms with Crippen LogP contribution in [-0.2, 0) is 17.1 Å². The fourth-order valence-electron chi connectivity index (χ4n) is 1.56. The van der Waals surface area contributed by atoms with Gasteiger partial charge in [0.25, 0.3) is 10.0 Å². The van der Waals surface area contributed by atoms with Crippen molar-refractivity contribution in [2.75, 3.05) is 4.72 Å². The summed E-state index contributed by atoms with van der Waals surface area (Å²) in [5.41, 5.74) is 0.359. The maximum atomic E-state index is 12.1. The van der Waals surface area contributed by atoms with Crippen LogP contribution in [0.2, 0.25) is 5.15 Å². The smallest absolute Gasteiger partial charge is 0.423 e. The van der Waals surface area contributed by atoms with Gasteiger partial charge in [-0.1, -0.05) is 23.7 Å². The van der Waals surface area contributed by atoms with Crippen LogP contribution in [0.4, 0.5) is 5.69 Å². The monoisotopic (exact) mass is 315 g/mol. The molecule has 0 aliphatic rings. The molecular weight excluding hydrogens is 304 g/mol. The first-order chi connectivity index (χ1) is 9.31. The normalized spacial score (nSPS) is 11.4. The number of nitrogens with zero attached hydrogens (tertiary/aromatic N) is 2. The van der Waals surface area contributed by atoms with Crippen LogP contribution in [0.25, 0.3) is 0 Å². The van der Waals surface area contributed by atoms with Gasteiger partial charge in [0.15, 0.2) is 0 Å². The zero-order valence-corrected chi connectivity index (χ0v) is 11.9. The van der Waals surface area contributed by atoms with Gasteiger partial charge in [-0.15, -0.1) is 0 Å². The molecule has 0 bridgehead atoms. The summed E-state index contributed by atoms with van der Waals surface area (Å²) in [5, 5.41) is 21.8. The van der Waals surface area contributed by atoms with Crippen LogP contribution < -0.4 is 10.2 Å². The van der Waals surface area contributed by atoms with E-state index in [9.17, 15) is 8.42 Å². The van der Waals surface area contributed by atoms with Crippen LogP contribution in [0.1, 0.15) is 0 Å². The number of halogens is 1. The number of hydrogen-bond donors (Lipinski definition) is 3. The number of anilines is 1. The number of benzene rings is 1. The van der Waals surface area contributed by atoms with E-state index in [1.54, 1.807) is 0 Å². The number of nitrogens with one attached hydrogen (secondary N) is 1. The summed E-state index contributed by atoms with van der Waals surface area (Å²) in [5.74, 6) is 0. The highest BCUT2D eigenvalue weighted by Crippen LogP contribution is 2.22. The standard InChI is InChI=1S/C10H11BClN3O4S/c1-15-10(12)9(6-13-15)20(18,19)14-8-4-2-3-7(5-8)11(16)17/h2-6,14,16-17H,1H3. The van der Waals surface area contributed by atoms with Crippen LogP contribution in [0.15, 0.2) is 35.4 Å². The SMILES string of the molecule is Cn1ncc(S(=O)(=O)Nc2cccc(B(O)O)c2)c1Cl. The lowest BCUT2D eigenvalue weighted by Gasteiger charge is -2.08. The van der Waals surface area contributed by atoms with Gasteiger partial charge in [0, 0.05) is 12.7 Å². The number of sulfonamides is 1. The number of rotatable bonds is 4. The Morgan fingerprint density at radius 2 is 2.10 bits per heavy atom. The second-order valence-corrected chi connectivity index (χ2v) is 6.04. The van der Waals surface area contributed by atoms with Gasteiger partial charge < -0.3 is 10.0 Å². The molecule has 7 nitrogen and oxygen atoms in total. The van der Waals surface area contributed by atoms with E-state index in [2.05, 4.69) is 9.82 Å². The molecule has 1 heterocycles. The molecule has 1 aromatic carbocycles. The quantitative estimate of drug-likeness (QED) is 0.663. The van der Waals surface area contributed by atoms with Crippen LogP contribution in [-0.4, -0.2) is 35.4 Å². The van der Waals surface area contributed by atoms with Crippen molar-refractivity contribution in [3.63, 3.8) is 0 Å². The third-order valence-electron chi connectivity index (χ3n) is 2.56. The summed E-state index contributed by atoms with van der Waals surface area (Å²) < 4.78 is 27.8. The van der Waals surface area contributed by atoms with Crippen molar-refractivity contribution in [3.05, 3.63) is 35.6 Å². The van der Waals surface area contributed by atoms with Gasteiger partial charge in [0.05, 0.1) is 6.20 Å².